The molecule has 7 heteroatoms. The Labute approximate surface area is 169 Å². The number of amides is 3. The van der Waals surface area contributed by atoms with E-state index in [1.807, 2.05) is 35.2 Å². The van der Waals surface area contributed by atoms with Crippen LogP contribution in [0.1, 0.15) is 49.5 Å². The van der Waals surface area contributed by atoms with Crippen molar-refractivity contribution in [2.45, 2.75) is 45.1 Å². The number of carbonyl (C=O) groups is 3. The molecule has 152 valence electrons. The molecule has 0 unspecified atom stereocenters. The third kappa shape index (κ3) is 4.23. The molecule has 2 fully saturated rings. The minimum Gasteiger partial charge on any atom is -0.339 e. The van der Waals surface area contributed by atoms with E-state index in [9.17, 15) is 14.4 Å². The summed E-state index contributed by atoms with van der Waals surface area (Å²) in [5.74, 6) is -0.508. The van der Waals surface area contributed by atoms with Crippen molar-refractivity contribution in [3.8, 4) is 0 Å². The van der Waals surface area contributed by atoms with Gasteiger partial charge in [-0.3, -0.25) is 25.2 Å². The number of hydrogen-bond acceptors (Lipinski definition) is 4. The third-order valence-electron chi connectivity index (χ3n) is 6.09. The monoisotopic (exact) mass is 394 g/mol. The molecule has 1 aromatic carbocycles. The van der Waals surface area contributed by atoms with Crippen LogP contribution in [0.3, 0.4) is 0 Å². The van der Waals surface area contributed by atoms with Crippen LogP contribution in [0.4, 0.5) is 0 Å². The van der Waals surface area contributed by atoms with E-state index < -0.39 is 11.8 Å². The number of nitrogens with one attached hydrogen (secondary N) is 2. The Balaban J connectivity index is 1.32. The Morgan fingerprint density at radius 3 is 2.59 bits per heavy atom. The first kappa shape index (κ1) is 19.4. The number of hydrazine groups is 1. The minimum absolute atomic E-state index is 0.0345. The van der Waals surface area contributed by atoms with Gasteiger partial charge in [-0.2, -0.15) is 0 Å². The Hall–Kier alpha value is -2.96. The number of likely N-dealkylation sites (tertiary alicyclic amines) is 1. The van der Waals surface area contributed by atoms with E-state index in [0.29, 0.717) is 18.0 Å². The van der Waals surface area contributed by atoms with Crippen LogP contribution in [0, 0.1) is 11.8 Å². The summed E-state index contributed by atoms with van der Waals surface area (Å²) in [5.41, 5.74) is 5.83. The Bertz CT molecular complexity index is 937. The summed E-state index contributed by atoms with van der Waals surface area (Å²) in [5, 5.41) is 0.940. The van der Waals surface area contributed by atoms with Crippen LogP contribution in [0.15, 0.2) is 36.4 Å². The second-order valence-corrected chi connectivity index (χ2v) is 8.19. The summed E-state index contributed by atoms with van der Waals surface area (Å²) in [6.45, 7) is 2.67. The van der Waals surface area contributed by atoms with Gasteiger partial charge >= 0.3 is 0 Å². The zero-order chi connectivity index (χ0) is 20.4. The van der Waals surface area contributed by atoms with Crippen LogP contribution >= 0.6 is 0 Å². The van der Waals surface area contributed by atoms with Crippen molar-refractivity contribution in [1.82, 2.24) is 20.7 Å². The normalized spacial score (nSPS) is 24.5. The smallest absolute Gasteiger partial charge is 0.288 e. The van der Waals surface area contributed by atoms with Crippen molar-refractivity contribution in [3.05, 3.63) is 42.1 Å². The maximum absolute atomic E-state index is 12.5. The Morgan fingerprint density at radius 2 is 1.79 bits per heavy atom. The van der Waals surface area contributed by atoms with Crippen LogP contribution in [-0.4, -0.2) is 40.2 Å². The molecule has 1 aliphatic heterocycles. The quantitative estimate of drug-likeness (QED) is 0.782. The zero-order valence-electron chi connectivity index (χ0n) is 16.6. The average Bonchev–Trinajstić information content (AvgIpc) is 3.13. The summed E-state index contributed by atoms with van der Waals surface area (Å²) in [4.78, 5) is 43.4. The molecule has 0 radical (unpaired) electrons. The fourth-order valence-corrected chi connectivity index (χ4v) is 4.29. The molecule has 29 heavy (non-hydrogen) atoms. The first-order valence-corrected chi connectivity index (χ1v) is 10.3. The van der Waals surface area contributed by atoms with E-state index in [1.165, 1.54) is 0 Å². The van der Waals surface area contributed by atoms with Gasteiger partial charge < -0.3 is 4.90 Å². The molecular weight excluding hydrogens is 368 g/mol. The maximum atomic E-state index is 12.5. The molecule has 0 bridgehead atoms. The van der Waals surface area contributed by atoms with E-state index in [2.05, 4.69) is 22.8 Å². The van der Waals surface area contributed by atoms with Gasteiger partial charge in [0.1, 0.15) is 5.69 Å². The molecule has 1 saturated carbocycles. The lowest BCUT2D eigenvalue weighted by Gasteiger charge is -2.33. The number of rotatable bonds is 3. The molecule has 2 aliphatic rings. The SMILES string of the molecule is CC1CCC(N2C[C@@H](C(=O)NNC(=O)c3ccc4ccccc4n3)CC2=O)CC1. The van der Waals surface area contributed by atoms with Gasteiger partial charge in [-0.15, -0.1) is 0 Å². The number of fused-ring (bicyclic) bond motifs is 1. The van der Waals surface area contributed by atoms with Crippen molar-refractivity contribution in [2.75, 3.05) is 6.54 Å². The predicted molar refractivity (Wildman–Crippen MR) is 109 cm³/mol. The van der Waals surface area contributed by atoms with Crippen molar-refractivity contribution < 1.29 is 14.4 Å². The summed E-state index contributed by atoms with van der Waals surface area (Å²) in [6.07, 6.45) is 4.46. The molecule has 2 aromatic rings. The van der Waals surface area contributed by atoms with E-state index in [1.54, 1.807) is 6.07 Å². The molecule has 3 amide bonds. The van der Waals surface area contributed by atoms with Gasteiger partial charge in [0.25, 0.3) is 5.91 Å². The first-order valence-electron chi connectivity index (χ1n) is 10.3. The zero-order valence-corrected chi connectivity index (χ0v) is 16.6. The van der Waals surface area contributed by atoms with Gasteiger partial charge in [-0.25, -0.2) is 4.98 Å². The predicted octanol–water partition coefficient (Wildman–Crippen LogP) is 2.42. The molecule has 2 N–H and O–H groups in total. The second kappa shape index (κ2) is 8.19. The molecule has 1 saturated heterocycles. The number of aromatic nitrogens is 1. The topological polar surface area (TPSA) is 91.4 Å². The minimum atomic E-state index is -0.480. The van der Waals surface area contributed by atoms with Gasteiger partial charge in [-0.05, 0) is 43.7 Å². The fourth-order valence-electron chi connectivity index (χ4n) is 4.29. The number of benzene rings is 1. The lowest BCUT2D eigenvalue weighted by molar-refractivity contribution is -0.131. The Morgan fingerprint density at radius 1 is 1.03 bits per heavy atom. The fraction of sp³-hybridized carbons (Fsp3) is 0.455. The number of carbonyl (C=O) groups excluding carboxylic acids is 3. The molecule has 7 nitrogen and oxygen atoms in total. The van der Waals surface area contributed by atoms with Crippen molar-refractivity contribution in [1.29, 1.82) is 0 Å². The highest BCUT2D eigenvalue weighted by molar-refractivity contribution is 5.96. The van der Waals surface area contributed by atoms with Gasteiger partial charge in [0.05, 0.1) is 11.4 Å². The van der Waals surface area contributed by atoms with Crippen LogP contribution in [0.2, 0.25) is 0 Å². The first-order chi connectivity index (χ1) is 14.0. The molecule has 1 aromatic heterocycles. The number of hydrogen-bond donors (Lipinski definition) is 2. The van der Waals surface area contributed by atoms with Crippen LogP contribution < -0.4 is 10.9 Å². The summed E-state index contributed by atoms with van der Waals surface area (Å²) < 4.78 is 0. The van der Waals surface area contributed by atoms with Crippen molar-refractivity contribution in [2.24, 2.45) is 11.8 Å². The van der Waals surface area contributed by atoms with Gasteiger partial charge in [0.2, 0.25) is 11.8 Å². The maximum Gasteiger partial charge on any atom is 0.288 e. The third-order valence-corrected chi connectivity index (χ3v) is 6.09. The number of nitrogens with zero attached hydrogens (tertiary/aromatic N) is 2. The molecule has 1 atom stereocenters. The van der Waals surface area contributed by atoms with E-state index in [-0.39, 0.29) is 30.0 Å². The molecule has 0 spiro atoms. The largest absolute Gasteiger partial charge is 0.339 e. The van der Waals surface area contributed by atoms with Crippen molar-refractivity contribution >= 4 is 28.6 Å². The number of pyridine rings is 1. The molecule has 4 rings (SSSR count). The van der Waals surface area contributed by atoms with Crippen molar-refractivity contribution in [3.63, 3.8) is 0 Å². The van der Waals surface area contributed by atoms with E-state index in [4.69, 9.17) is 0 Å². The average molecular weight is 394 g/mol. The summed E-state index contributed by atoms with van der Waals surface area (Å²) >= 11 is 0. The highest BCUT2D eigenvalue weighted by Crippen LogP contribution is 2.31. The summed E-state index contributed by atoms with van der Waals surface area (Å²) in [6, 6.07) is 11.2. The lowest BCUT2D eigenvalue weighted by atomic mass is 9.87. The highest BCUT2D eigenvalue weighted by atomic mass is 16.2. The van der Waals surface area contributed by atoms with E-state index in [0.717, 1.165) is 31.1 Å². The van der Waals surface area contributed by atoms with Crippen LogP contribution in [-0.2, 0) is 9.59 Å². The molecular formula is C22H26N4O3. The number of para-hydroxylation sites is 1. The highest BCUT2D eigenvalue weighted by Gasteiger charge is 2.38. The van der Waals surface area contributed by atoms with Crippen LogP contribution in [0.25, 0.3) is 10.9 Å². The van der Waals surface area contributed by atoms with Gasteiger partial charge in [-0.1, -0.05) is 31.2 Å². The second-order valence-electron chi connectivity index (χ2n) is 8.19. The van der Waals surface area contributed by atoms with Gasteiger partial charge in [0, 0.05) is 24.4 Å². The molecule has 1 aliphatic carbocycles. The Kier molecular flexibility index (Phi) is 5.47. The lowest BCUT2D eigenvalue weighted by Crippen LogP contribution is -2.46. The van der Waals surface area contributed by atoms with E-state index >= 15 is 0 Å². The summed E-state index contributed by atoms with van der Waals surface area (Å²) in [7, 11) is 0. The molecule has 2 heterocycles. The van der Waals surface area contributed by atoms with Crippen LogP contribution in [0.5, 0.6) is 0 Å². The van der Waals surface area contributed by atoms with Gasteiger partial charge in [0.15, 0.2) is 0 Å². The standard InChI is InChI=1S/C22H26N4O3/c1-14-6-9-17(10-7-14)26-13-16(12-20(26)27)21(28)24-25-22(29)19-11-8-15-4-2-3-5-18(15)23-19/h2-5,8,11,14,16-17H,6-7,9-10,12-13H2,1H3,(H,24,28)(H,25,29)/t14?,16-,17?/m0/s1.